The minimum Gasteiger partial charge on any atom is -0.382 e. The molecule has 0 aromatic rings. The van der Waals surface area contributed by atoms with Crippen molar-refractivity contribution < 1.29 is 76.4 Å². The molecule has 0 spiro atoms. The fourth-order valence-corrected chi connectivity index (χ4v) is 10.2. The number of carbonyl (C=O) groups is 10. The summed E-state index contributed by atoms with van der Waals surface area (Å²) in [6, 6.07) is -3.18. The fraction of sp³-hybridized carbons (Fsp3) is 0.796. The molecule has 0 aliphatic heterocycles. The summed E-state index contributed by atoms with van der Waals surface area (Å²) >= 11 is 0. The number of rotatable bonds is 53. The molecule has 428 valence electrons. The van der Waals surface area contributed by atoms with Crippen LogP contribution in [0.1, 0.15) is 84.0 Å². The second-order valence-electron chi connectivity index (χ2n) is 18.7. The van der Waals surface area contributed by atoms with Gasteiger partial charge in [-0.1, -0.05) is 26.7 Å². The Morgan fingerprint density at radius 1 is 0.455 bits per heavy atom. The Morgan fingerprint density at radius 3 is 1.60 bits per heavy atom. The molecule has 0 saturated carbocycles. The van der Waals surface area contributed by atoms with Gasteiger partial charge in [0, 0.05) is 109 Å². The molecule has 0 saturated heterocycles. The van der Waals surface area contributed by atoms with Crippen LogP contribution in [0.4, 0.5) is 0 Å². The van der Waals surface area contributed by atoms with E-state index in [0.29, 0.717) is 39.5 Å². The number of nitrogens with one attached hydrogen (secondary N) is 4. The second kappa shape index (κ2) is 47.4. The quantitative estimate of drug-likeness (QED) is 0.0384. The molecule has 0 aromatic heterocycles. The maximum Gasteiger partial charge on any atom is 0.246 e. The van der Waals surface area contributed by atoms with E-state index in [4.69, 9.17) is 58.7 Å². The number of hydrogen-bond donors (Lipinski definition) is 4. The number of ketones is 7. The maximum atomic E-state index is 13.9. The first kappa shape index (κ1) is 74.8. The molecule has 4 N–H and O–H groups in total. The van der Waals surface area contributed by atoms with Gasteiger partial charge in [-0.2, -0.15) is 31.2 Å². The Hall–Kier alpha value is -2.20. The Balaban J connectivity index is 5.54. The van der Waals surface area contributed by atoms with Crippen LogP contribution in [0.25, 0.3) is 0 Å². The zero-order chi connectivity index (χ0) is 58.0. The molecule has 0 heterocycles. The highest BCUT2D eigenvalue weighted by Crippen LogP contribution is 2.29. The van der Waals surface area contributed by atoms with E-state index >= 15 is 0 Å². The molecule has 8 unspecified atom stereocenters. The van der Waals surface area contributed by atoms with Crippen molar-refractivity contribution >= 4 is 120 Å². The van der Waals surface area contributed by atoms with E-state index in [1.807, 2.05) is 6.92 Å². The fourth-order valence-electron chi connectivity index (χ4n) is 7.27. The summed E-state index contributed by atoms with van der Waals surface area (Å²) in [6.07, 6.45) is 0.796. The molecule has 0 bridgehead atoms. The molecule has 0 aliphatic carbocycles. The highest BCUT2D eigenvalue weighted by Gasteiger charge is 2.30. The van der Waals surface area contributed by atoms with Gasteiger partial charge in [-0.05, 0) is 39.0 Å². The third-order valence-corrected chi connectivity index (χ3v) is 14.5. The minimum atomic E-state index is -1.34. The average Bonchev–Trinajstić information content (AvgIpc) is 3.34. The minimum absolute atomic E-state index is 0.0260. The summed E-state index contributed by atoms with van der Waals surface area (Å²) in [5, 5.41) is 11.1. The molecule has 0 aliphatic rings. The number of methoxy groups -OCH3 is 1. The third kappa shape index (κ3) is 43.2. The van der Waals surface area contributed by atoms with E-state index < -0.39 is 79.4 Å². The number of hydrogen-bond acceptors (Lipinski definition) is 17. The number of Topliss-reactive ketones (excluding diaryl/α,β-unsaturated/α-hetero) is 7. The molecule has 0 fully saturated rings. The van der Waals surface area contributed by atoms with Crippen molar-refractivity contribution in [2.45, 2.75) is 102 Å². The molecule has 8 atom stereocenters. The van der Waals surface area contributed by atoms with Gasteiger partial charge in [-0.15, -0.1) is 0 Å². The van der Waals surface area contributed by atoms with E-state index in [0.717, 1.165) is 0 Å². The Bertz CT molecular complexity index is 1780. The van der Waals surface area contributed by atoms with Gasteiger partial charge in [0.2, 0.25) is 17.7 Å². The van der Waals surface area contributed by atoms with Crippen molar-refractivity contribution in [3.8, 4) is 0 Å². The normalized spacial score (nSPS) is 14.5. The molecular weight excluding hydrogens is 1070 g/mol. The summed E-state index contributed by atoms with van der Waals surface area (Å²) in [7, 11) is 20.8. The van der Waals surface area contributed by atoms with Crippen LogP contribution in [0.2, 0.25) is 0 Å². The van der Waals surface area contributed by atoms with Crippen LogP contribution in [-0.2, 0) is 76.4 Å². The molecule has 77 heavy (non-hydrogen) atoms. The Labute approximate surface area is 467 Å². The highest BCUT2D eigenvalue weighted by atomic mass is 31.1. The van der Waals surface area contributed by atoms with Crippen molar-refractivity contribution in [3.63, 3.8) is 0 Å². The SMILES string of the molecule is [B]P(C)CC(=O)CCC(CC(=O)CCC(NC(=O)COCCOCCCC(=O)CCC(NCCC(=O)COCCOCC)C(=O)NCCOCCOC)C(=O)NC(CCC(=O)CP([B])C)C(=O)CP([B])C)C(=O)CP([B])C. The Morgan fingerprint density at radius 2 is 0.974 bits per heavy atom. The molecule has 0 aromatic carbocycles. The average molecular weight is 1150 g/mol. The van der Waals surface area contributed by atoms with Gasteiger partial charge < -0.3 is 49.7 Å². The Kier molecular flexibility index (Phi) is 46.1. The van der Waals surface area contributed by atoms with E-state index in [1.165, 1.54) is 0 Å². The van der Waals surface area contributed by atoms with Gasteiger partial charge in [0.25, 0.3) is 0 Å². The first-order chi connectivity index (χ1) is 36.6. The van der Waals surface area contributed by atoms with Crippen molar-refractivity contribution in [1.29, 1.82) is 0 Å². The lowest BCUT2D eigenvalue weighted by atomic mass is 9.90. The van der Waals surface area contributed by atoms with Gasteiger partial charge >= 0.3 is 0 Å². The summed E-state index contributed by atoms with van der Waals surface area (Å²) in [4.78, 5) is 130. The van der Waals surface area contributed by atoms with Crippen molar-refractivity contribution in [2.24, 2.45) is 5.92 Å². The van der Waals surface area contributed by atoms with Crippen LogP contribution in [0, 0.1) is 5.92 Å². The first-order valence-electron chi connectivity index (χ1n) is 26.0. The van der Waals surface area contributed by atoms with Crippen molar-refractivity contribution in [1.82, 2.24) is 21.3 Å². The number of carbonyl (C=O) groups excluding carboxylic acids is 10. The molecule has 3 amide bonds. The zero-order valence-electron chi connectivity index (χ0n) is 46.4. The smallest absolute Gasteiger partial charge is 0.246 e. The van der Waals surface area contributed by atoms with Gasteiger partial charge in [0.15, 0.2) is 11.6 Å². The number of ether oxygens (including phenoxy) is 6. The lowest BCUT2D eigenvalue weighted by Gasteiger charge is -2.24. The molecular formula is C49H84B4N4O16P4. The predicted octanol–water partition coefficient (Wildman–Crippen LogP) is 1.84. The van der Waals surface area contributed by atoms with Crippen LogP contribution < -0.4 is 21.3 Å². The molecule has 8 radical (unpaired) electrons. The van der Waals surface area contributed by atoms with Crippen LogP contribution in [0.3, 0.4) is 0 Å². The van der Waals surface area contributed by atoms with Gasteiger partial charge in [-0.25, -0.2) is 0 Å². The van der Waals surface area contributed by atoms with Crippen molar-refractivity contribution in [3.05, 3.63) is 0 Å². The zero-order valence-corrected chi connectivity index (χ0v) is 50.0. The van der Waals surface area contributed by atoms with Gasteiger partial charge in [0.05, 0.1) is 58.3 Å². The van der Waals surface area contributed by atoms with Gasteiger partial charge in [-0.3, -0.25) is 47.9 Å². The van der Waals surface area contributed by atoms with E-state index in [-0.39, 0.29) is 182 Å². The second-order valence-corrected chi connectivity index (χ2v) is 26.0. The summed E-state index contributed by atoms with van der Waals surface area (Å²) in [5.41, 5.74) is 0. The highest BCUT2D eigenvalue weighted by molar-refractivity contribution is 7.83. The molecule has 0 rings (SSSR count). The van der Waals surface area contributed by atoms with Crippen LogP contribution in [0.5, 0.6) is 0 Å². The largest absolute Gasteiger partial charge is 0.382 e. The molecule has 20 nitrogen and oxygen atoms in total. The third-order valence-electron chi connectivity index (χ3n) is 11.1. The predicted molar refractivity (Wildman–Crippen MR) is 308 cm³/mol. The van der Waals surface area contributed by atoms with E-state index in [1.54, 1.807) is 33.8 Å². The van der Waals surface area contributed by atoms with Crippen LogP contribution in [-0.4, -0.2) is 251 Å². The van der Waals surface area contributed by atoms with Crippen LogP contribution >= 0.6 is 31.2 Å². The molecule has 28 heteroatoms. The van der Waals surface area contributed by atoms with E-state index in [2.05, 4.69) is 21.3 Å². The first-order valence-corrected chi connectivity index (χ1v) is 34.2. The summed E-state index contributed by atoms with van der Waals surface area (Å²) < 4.78 is 32.0. The monoisotopic (exact) mass is 1150 g/mol. The van der Waals surface area contributed by atoms with E-state index in [9.17, 15) is 47.9 Å². The summed E-state index contributed by atoms with van der Waals surface area (Å²) in [5.74, 6) is -4.15. The van der Waals surface area contributed by atoms with Gasteiger partial charge in [0.1, 0.15) is 78.4 Å². The topological polar surface area (TPSA) is 274 Å². The number of amides is 3. The van der Waals surface area contributed by atoms with Crippen molar-refractivity contribution in [2.75, 3.05) is 144 Å². The maximum absolute atomic E-state index is 13.9. The van der Waals surface area contributed by atoms with Crippen LogP contribution in [0.15, 0.2) is 0 Å². The summed E-state index contributed by atoms with van der Waals surface area (Å²) in [6.45, 7) is 11.2. The lowest BCUT2D eigenvalue weighted by Crippen LogP contribution is -2.52. The standard InChI is InChI=1S/C49H84B4N4O16P4/c1-7-69-25-27-72-30-39(60)18-19-54-43(48(66)55-20-22-71-24-23-68-2)16-12-37(58)9-8-21-70-26-28-73-31-47(65)56-44(49(67)57-42(46(64)35-77(6)53)15-14-41(62)33-75(4)51)17-13-38(59)29-36(45(63)34-76(5)52)10-11-40(61)32-74(3)50/h36,42-44,54H,7-35H2,1-6H3,(H,55,66)(H,56,65)(H,57,67). The lowest BCUT2D eigenvalue weighted by molar-refractivity contribution is -0.134.